The molecule has 7 heteroatoms. The van der Waals surface area contributed by atoms with Crippen LogP contribution >= 0.6 is 11.6 Å². The normalized spacial score (nSPS) is 13.5. The highest BCUT2D eigenvalue weighted by molar-refractivity contribution is 7.77. The van der Waals surface area contributed by atoms with E-state index in [1.807, 2.05) is 67.6 Å². The smallest absolute Gasteiger partial charge is 0.0939 e. The van der Waals surface area contributed by atoms with Gasteiger partial charge in [0.1, 0.15) is 0 Å². The number of hydrogen-bond donors (Lipinski definition) is 2. The lowest BCUT2D eigenvalue weighted by atomic mass is 9.98. The summed E-state index contributed by atoms with van der Waals surface area (Å²) in [6.45, 7) is 1.98. The third-order valence-electron chi connectivity index (χ3n) is 4.67. The van der Waals surface area contributed by atoms with E-state index >= 15 is 0 Å². The van der Waals surface area contributed by atoms with Gasteiger partial charge < -0.3 is 4.55 Å². The van der Waals surface area contributed by atoms with E-state index in [1.165, 1.54) is 0 Å². The number of halogens is 1. The lowest BCUT2D eigenvalue weighted by Gasteiger charge is -2.20. The third-order valence-corrected chi connectivity index (χ3v) is 5.41. The van der Waals surface area contributed by atoms with Crippen LogP contribution in [0.25, 0.3) is 22.0 Å². The largest absolute Gasteiger partial charge is 0.760 e. The van der Waals surface area contributed by atoms with Gasteiger partial charge in [0, 0.05) is 22.2 Å². The predicted octanol–water partition coefficient (Wildman–Crippen LogP) is 4.66. The van der Waals surface area contributed by atoms with Gasteiger partial charge in [0.05, 0.1) is 22.3 Å². The van der Waals surface area contributed by atoms with Gasteiger partial charge >= 0.3 is 0 Å². The van der Waals surface area contributed by atoms with Crippen LogP contribution in [-0.4, -0.2) is 19.0 Å². The minimum Gasteiger partial charge on any atom is -0.760 e. The Hall–Kier alpha value is -2.51. The Bertz CT molecular complexity index is 1140. The molecule has 2 N–H and O–H groups in total. The molecule has 2 unspecified atom stereocenters. The molecule has 1 heterocycles. The van der Waals surface area contributed by atoms with Crippen LogP contribution < -0.4 is 4.72 Å². The summed E-state index contributed by atoms with van der Waals surface area (Å²) in [5.74, 6) is 0. The van der Waals surface area contributed by atoms with Crippen molar-refractivity contribution in [3.8, 4) is 11.1 Å². The number of benzene rings is 3. The summed E-state index contributed by atoms with van der Waals surface area (Å²) in [6, 6.07) is 20.7. The van der Waals surface area contributed by atoms with E-state index in [0.29, 0.717) is 16.2 Å². The number of hydrogen-bond acceptors (Lipinski definition) is 3. The second-order valence-electron chi connectivity index (χ2n) is 6.55. The van der Waals surface area contributed by atoms with Crippen molar-refractivity contribution in [3.05, 3.63) is 88.6 Å². The van der Waals surface area contributed by atoms with Crippen molar-refractivity contribution in [1.82, 2.24) is 14.9 Å². The van der Waals surface area contributed by atoms with E-state index in [9.17, 15) is 8.76 Å². The van der Waals surface area contributed by atoms with Gasteiger partial charge in [-0.25, -0.2) is 4.72 Å². The first-order valence-corrected chi connectivity index (χ1v) is 10.1. The van der Waals surface area contributed by atoms with Crippen LogP contribution in [0.1, 0.15) is 22.9 Å². The van der Waals surface area contributed by atoms with Crippen molar-refractivity contribution in [2.24, 2.45) is 0 Å². The Balaban J connectivity index is 1.88. The summed E-state index contributed by atoms with van der Waals surface area (Å²) in [5, 5.41) is 8.73. The Kier molecular flexibility index (Phi) is 5.28. The summed E-state index contributed by atoms with van der Waals surface area (Å²) < 4.78 is 25.5. The van der Waals surface area contributed by atoms with Crippen molar-refractivity contribution in [2.45, 2.75) is 13.0 Å². The lowest BCUT2D eigenvalue weighted by molar-refractivity contribution is 0.514. The molecule has 0 fully saturated rings. The molecular formula is C21H17ClN3O2S-. The van der Waals surface area contributed by atoms with Gasteiger partial charge in [-0.1, -0.05) is 71.8 Å². The molecule has 2 atom stereocenters. The summed E-state index contributed by atoms with van der Waals surface area (Å²) >= 11 is 4.03. The van der Waals surface area contributed by atoms with Crippen LogP contribution in [0.2, 0.25) is 5.02 Å². The number of aryl methyl sites for hydroxylation is 1. The standard InChI is InChI=1S/C21H18ClN3O2S/c1-13-7-9-15(10-8-13)20(25-28(26)27)21-17-11-16(14-5-3-2-4-6-14)18(22)12-19(17)23-24-21/h2-12,20,25H,1H3,(H,23,24)(H,26,27)/p-1. The topological polar surface area (TPSA) is 80.8 Å². The molecule has 0 saturated carbocycles. The zero-order valence-electron chi connectivity index (χ0n) is 15.0. The minimum absolute atomic E-state index is 0.587. The first kappa shape index (κ1) is 18.8. The molecule has 0 amide bonds. The number of rotatable bonds is 5. The number of fused-ring (bicyclic) bond motifs is 1. The Morgan fingerprint density at radius 3 is 2.50 bits per heavy atom. The SMILES string of the molecule is Cc1ccc(C(NS(=O)[O-])c2[nH]nc3cc(Cl)c(-c4ccccc4)cc23)cc1. The maximum atomic E-state index is 11.5. The second kappa shape index (κ2) is 7.85. The molecular weight excluding hydrogens is 394 g/mol. The molecule has 0 aliphatic carbocycles. The zero-order chi connectivity index (χ0) is 19.7. The molecule has 0 aliphatic heterocycles. The fourth-order valence-corrected chi connectivity index (χ4v) is 3.97. The predicted molar refractivity (Wildman–Crippen MR) is 112 cm³/mol. The van der Waals surface area contributed by atoms with Crippen LogP contribution in [0.4, 0.5) is 0 Å². The zero-order valence-corrected chi connectivity index (χ0v) is 16.6. The highest BCUT2D eigenvalue weighted by Crippen LogP contribution is 2.35. The Labute approximate surface area is 170 Å². The van der Waals surface area contributed by atoms with Gasteiger partial charge in [-0.2, -0.15) is 5.10 Å². The molecule has 1 aromatic heterocycles. The van der Waals surface area contributed by atoms with E-state index in [2.05, 4.69) is 14.9 Å². The molecule has 0 spiro atoms. The van der Waals surface area contributed by atoms with Crippen LogP contribution in [0.5, 0.6) is 0 Å². The summed E-state index contributed by atoms with van der Waals surface area (Å²) in [7, 11) is 0. The van der Waals surface area contributed by atoms with Gasteiger partial charge in [0.15, 0.2) is 0 Å². The van der Waals surface area contributed by atoms with Crippen LogP contribution in [0.15, 0.2) is 66.7 Å². The molecule has 4 aromatic rings. The first-order chi connectivity index (χ1) is 13.5. The first-order valence-electron chi connectivity index (χ1n) is 8.68. The maximum Gasteiger partial charge on any atom is 0.0939 e. The van der Waals surface area contributed by atoms with Gasteiger partial charge in [-0.05, 0) is 30.2 Å². The molecule has 28 heavy (non-hydrogen) atoms. The van der Waals surface area contributed by atoms with E-state index in [0.717, 1.165) is 27.6 Å². The monoisotopic (exact) mass is 410 g/mol. The van der Waals surface area contributed by atoms with Crippen molar-refractivity contribution < 1.29 is 8.76 Å². The van der Waals surface area contributed by atoms with E-state index in [-0.39, 0.29) is 0 Å². The van der Waals surface area contributed by atoms with Gasteiger partial charge in [-0.15, -0.1) is 0 Å². The third kappa shape index (κ3) is 3.72. The van der Waals surface area contributed by atoms with Crippen LogP contribution in [-0.2, 0) is 11.3 Å². The number of aromatic nitrogens is 2. The van der Waals surface area contributed by atoms with Crippen LogP contribution in [0.3, 0.4) is 0 Å². The Morgan fingerprint density at radius 1 is 1.11 bits per heavy atom. The van der Waals surface area contributed by atoms with E-state index < -0.39 is 17.3 Å². The van der Waals surface area contributed by atoms with Crippen molar-refractivity contribution in [1.29, 1.82) is 0 Å². The van der Waals surface area contributed by atoms with E-state index in [4.69, 9.17) is 11.6 Å². The second-order valence-corrected chi connectivity index (χ2v) is 7.66. The van der Waals surface area contributed by atoms with E-state index in [1.54, 1.807) is 6.07 Å². The summed E-state index contributed by atoms with van der Waals surface area (Å²) in [5.41, 5.74) is 5.10. The van der Waals surface area contributed by atoms with Gasteiger partial charge in [0.2, 0.25) is 0 Å². The lowest BCUT2D eigenvalue weighted by Crippen LogP contribution is -2.24. The maximum absolute atomic E-state index is 11.5. The van der Waals surface area contributed by atoms with Crippen LogP contribution in [0, 0.1) is 6.92 Å². The average molecular weight is 411 g/mol. The number of aromatic amines is 1. The van der Waals surface area contributed by atoms with Crippen molar-refractivity contribution in [3.63, 3.8) is 0 Å². The molecule has 142 valence electrons. The fourth-order valence-electron chi connectivity index (χ4n) is 3.26. The fraction of sp³-hybridized carbons (Fsp3) is 0.0952. The number of H-pyrrole nitrogens is 1. The molecule has 4 rings (SSSR count). The molecule has 5 nitrogen and oxygen atoms in total. The highest BCUT2D eigenvalue weighted by Gasteiger charge is 2.20. The Morgan fingerprint density at radius 2 is 1.82 bits per heavy atom. The molecule has 0 radical (unpaired) electrons. The molecule has 0 aliphatic rings. The minimum atomic E-state index is -2.45. The molecule has 0 saturated heterocycles. The van der Waals surface area contributed by atoms with Crippen molar-refractivity contribution >= 4 is 33.8 Å². The van der Waals surface area contributed by atoms with Crippen molar-refractivity contribution in [2.75, 3.05) is 0 Å². The number of nitrogens with one attached hydrogen (secondary N) is 2. The summed E-state index contributed by atoms with van der Waals surface area (Å²) in [4.78, 5) is 0. The average Bonchev–Trinajstić information content (AvgIpc) is 3.09. The van der Waals surface area contributed by atoms with Gasteiger partial charge in [-0.3, -0.25) is 9.31 Å². The quantitative estimate of drug-likeness (QED) is 0.469. The molecule has 0 bridgehead atoms. The van der Waals surface area contributed by atoms with Gasteiger partial charge in [0.25, 0.3) is 0 Å². The number of nitrogens with zero attached hydrogens (tertiary/aromatic N) is 1. The highest BCUT2D eigenvalue weighted by atomic mass is 35.5. The summed E-state index contributed by atoms with van der Waals surface area (Å²) in [6.07, 6.45) is 0. The molecule has 3 aromatic carbocycles.